The number of hydrogen-bond donors (Lipinski definition) is 2. The summed E-state index contributed by atoms with van der Waals surface area (Å²) in [5.74, 6) is 0.939. The van der Waals surface area contributed by atoms with Crippen molar-refractivity contribution in [3.63, 3.8) is 0 Å². The third-order valence-electron chi connectivity index (χ3n) is 3.73. The predicted octanol–water partition coefficient (Wildman–Crippen LogP) is 3.47. The van der Waals surface area contributed by atoms with Crippen LogP contribution in [0.5, 0.6) is 5.75 Å². The van der Waals surface area contributed by atoms with Gasteiger partial charge in [0.2, 0.25) is 11.9 Å². The van der Waals surface area contributed by atoms with Crippen LogP contribution in [0.15, 0.2) is 55.3 Å². The first-order valence-corrected chi connectivity index (χ1v) is 7.70. The SMILES string of the molecule is C=CC(=O)Nc1cc(OC)cc(-c2ccc3cnc(NC)nc3c2)c1. The van der Waals surface area contributed by atoms with Gasteiger partial charge in [0.25, 0.3) is 0 Å². The molecule has 1 aromatic heterocycles. The minimum Gasteiger partial charge on any atom is -0.497 e. The molecule has 2 aromatic carbocycles. The fourth-order valence-corrected chi connectivity index (χ4v) is 2.47. The van der Waals surface area contributed by atoms with Crippen LogP contribution in [0.3, 0.4) is 0 Å². The number of ether oxygens (including phenoxy) is 1. The maximum absolute atomic E-state index is 11.6. The van der Waals surface area contributed by atoms with E-state index in [4.69, 9.17) is 4.74 Å². The van der Waals surface area contributed by atoms with Crippen LogP contribution in [0.4, 0.5) is 11.6 Å². The highest BCUT2D eigenvalue weighted by molar-refractivity contribution is 5.99. The van der Waals surface area contributed by atoms with Crippen LogP contribution in [0.1, 0.15) is 0 Å². The van der Waals surface area contributed by atoms with Crippen molar-refractivity contribution in [3.8, 4) is 16.9 Å². The molecule has 3 rings (SSSR count). The summed E-state index contributed by atoms with van der Waals surface area (Å²) in [7, 11) is 3.37. The molecule has 25 heavy (non-hydrogen) atoms. The number of hydrogen-bond acceptors (Lipinski definition) is 5. The summed E-state index contributed by atoms with van der Waals surface area (Å²) in [5, 5.41) is 6.64. The normalized spacial score (nSPS) is 10.3. The summed E-state index contributed by atoms with van der Waals surface area (Å²) in [6, 6.07) is 11.5. The number of rotatable bonds is 5. The molecule has 6 nitrogen and oxygen atoms in total. The Morgan fingerprint density at radius 3 is 2.76 bits per heavy atom. The molecule has 1 heterocycles. The smallest absolute Gasteiger partial charge is 0.247 e. The number of methoxy groups -OCH3 is 1. The molecule has 1 amide bonds. The summed E-state index contributed by atoms with van der Waals surface area (Å²) in [5.41, 5.74) is 3.33. The Morgan fingerprint density at radius 2 is 2.04 bits per heavy atom. The van der Waals surface area contributed by atoms with Crippen molar-refractivity contribution < 1.29 is 9.53 Å². The standard InChI is InChI=1S/C19H18N4O2/c1-4-18(24)22-15-7-14(8-16(10-15)25-3)12-5-6-13-11-21-19(20-2)23-17(13)9-12/h4-11H,1H2,2-3H3,(H,22,24)(H,20,21,23). The van der Waals surface area contributed by atoms with E-state index in [1.165, 1.54) is 6.08 Å². The van der Waals surface area contributed by atoms with Crippen molar-refractivity contribution in [1.82, 2.24) is 9.97 Å². The third-order valence-corrected chi connectivity index (χ3v) is 3.73. The Bertz CT molecular complexity index is 953. The molecule has 2 N–H and O–H groups in total. The van der Waals surface area contributed by atoms with Gasteiger partial charge in [0.1, 0.15) is 5.75 Å². The molecule has 0 bridgehead atoms. The van der Waals surface area contributed by atoms with Crippen molar-refractivity contribution in [1.29, 1.82) is 0 Å². The van der Waals surface area contributed by atoms with Crippen molar-refractivity contribution in [3.05, 3.63) is 55.3 Å². The fraction of sp³-hybridized carbons (Fsp3) is 0.105. The van der Waals surface area contributed by atoms with Gasteiger partial charge in [-0.15, -0.1) is 0 Å². The lowest BCUT2D eigenvalue weighted by Gasteiger charge is -2.10. The van der Waals surface area contributed by atoms with Crippen LogP contribution >= 0.6 is 0 Å². The topological polar surface area (TPSA) is 76.1 Å². The maximum Gasteiger partial charge on any atom is 0.247 e. The first-order chi connectivity index (χ1) is 12.1. The number of fused-ring (bicyclic) bond motifs is 1. The van der Waals surface area contributed by atoms with Gasteiger partial charge in [0, 0.05) is 30.4 Å². The van der Waals surface area contributed by atoms with Crippen LogP contribution in [-0.2, 0) is 4.79 Å². The van der Waals surface area contributed by atoms with E-state index >= 15 is 0 Å². The number of carbonyl (C=O) groups excluding carboxylic acids is 1. The van der Waals surface area contributed by atoms with Gasteiger partial charge in [-0.05, 0) is 35.4 Å². The summed E-state index contributed by atoms with van der Waals surface area (Å²) in [6.45, 7) is 3.47. The summed E-state index contributed by atoms with van der Waals surface area (Å²) in [6.07, 6.45) is 3.00. The van der Waals surface area contributed by atoms with Gasteiger partial charge in [-0.2, -0.15) is 0 Å². The number of benzene rings is 2. The van der Waals surface area contributed by atoms with Gasteiger partial charge in [-0.1, -0.05) is 18.7 Å². The lowest BCUT2D eigenvalue weighted by molar-refractivity contribution is -0.111. The molecule has 6 heteroatoms. The Labute approximate surface area is 145 Å². The van der Waals surface area contributed by atoms with E-state index in [9.17, 15) is 4.79 Å². The van der Waals surface area contributed by atoms with Crippen molar-refractivity contribution in [2.75, 3.05) is 24.8 Å². The maximum atomic E-state index is 11.6. The second kappa shape index (κ2) is 7.00. The first-order valence-electron chi connectivity index (χ1n) is 7.70. The van der Waals surface area contributed by atoms with Crippen molar-refractivity contribution in [2.45, 2.75) is 0 Å². The van der Waals surface area contributed by atoms with E-state index in [1.807, 2.05) is 30.3 Å². The molecule has 0 saturated carbocycles. The largest absolute Gasteiger partial charge is 0.497 e. The van der Waals surface area contributed by atoms with E-state index in [-0.39, 0.29) is 5.91 Å². The minimum absolute atomic E-state index is 0.274. The van der Waals surface area contributed by atoms with Gasteiger partial charge in [0.15, 0.2) is 0 Å². The van der Waals surface area contributed by atoms with E-state index in [0.717, 1.165) is 22.0 Å². The number of nitrogens with one attached hydrogen (secondary N) is 2. The lowest BCUT2D eigenvalue weighted by Crippen LogP contribution is -2.07. The number of carbonyl (C=O) groups is 1. The van der Waals surface area contributed by atoms with E-state index in [0.29, 0.717) is 17.4 Å². The van der Waals surface area contributed by atoms with Crippen LogP contribution in [0.2, 0.25) is 0 Å². The summed E-state index contributed by atoms with van der Waals surface area (Å²) >= 11 is 0. The van der Waals surface area contributed by atoms with Gasteiger partial charge < -0.3 is 15.4 Å². The highest BCUT2D eigenvalue weighted by Gasteiger charge is 2.07. The molecule has 126 valence electrons. The fourth-order valence-electron chi connectivity index (χ4n) is 2.47. The van der Waals surface area contributed by atoms with Gasteiger partial charge in [-0.25, -0.2) is 9.97 Å². The molecule has 0 aliphatic rings. The van der Waals surface area contributed by atoms with E-state index in [2.05, 4.69) is 27.2 Å². The number of nitrogens with zero attached hydrogens (tertiary/aromatic N) is 2. The molecule has 0 fully saturated rings. The third kappa shape index (κ3) is 3.58. The molecule has 0 saturated heterocycles. The quantitative estimate of drug-likeness (QED) is 0.699. The Kier molecular flexibility index (Phi) is 4.61. The van der Waals surface area contributed by atoms with Crippen LogP contribution in [0.25, 0.3) is 22.0 Å². The monoisotopic (exact) mass is 334 g/mol. The summed E-state index contributed by atoms with van der Waals surface area (Å²) in [4.78, 5) is 20.3. The summed E-state index contributed by atoms with van der Waals surface area (Å²) < 4.78 is 5.34. The average molecular weight is 334 g/mol. The Morgan fingerprint density at radius 1 is 1.20 bits per heavy atom. The number of anilines is 2. The van der Waals surface area contributed by atoms with E-state index in [1.54, 1.807) is 26.4 Å². The van der Waals surface area contributed by atoms with Crippen LogP contribution < -0.4 is 15.4 Å². The Hall–Kier alpha value is -3.41. The number of aromatic nitrogens is 2. The molecule has 0 aliphatic heterocycles. The second-order valence-electron chi connectivity index (χ2n) is 5.36. The van der Waals surface area contributed by atoms with E-state index < -0.39 is 0 Å². The zero-order valence-corrected chi connectivity index (χ0v) is 14.0. The van der Waals surface area contributed by atoms with Crippen LogP contribution in [0, 0.1) is 0 Å². The average Bonchev–Trinajstić information content (AvgIpc) is 2.66. The molecular weight excluding hydrogens is 316 g/mol. The molecule has 0 aliphatic carbocycles. The molecular formula is C19H18N4O2. The second-order valence-corrected chi connectivity index (χ2v) is 5.36. The highest BCUT2D eigenvalue weighted by atomic mass is 16.5. The highest BCUT2D eigenvalue weighted by Crippen LogP contribution is 2.30. The van der Waals surface area contributed by atoms with Crippen molar-refractivity contribution >= 4 is 28.4 Å². The first kappa shape index (κ1) is 16.4. The van der Waals surface area contributed by atoms with Gasteiger partial charge in [-0.3, -0.25) is 4.79 Å². The zero-order chi connectivity index (χ0) is 17.8. The lowest BCUT2D eigenvalue weighted by atomic mass is 10.0. The molecule has 0 atom stereocenters. The van der Waals surface area contributed by atoms with Gasteiger partial charge in [0.05, 0.1) is 12.6 Å². The molecule has 0 spiro atoms. The molecule has 3 aromatic rings. The predicted molar refractivity (Wildman–Crippen MR) is 99.9 cm³/mol. The minimum atomic E-state index is -0.274. The molecule has 0 radical (unpaired) electrons. The van der Waals surface area contributed by atoms with Gasteiger partial charge >= 0.3 is 0 Å². The van der Waals surface area contributed by atoms with Crippen LogP contribution in [-0.4, -0.2) is 30.0 Å². The Balaban J connectivity index is 2.07. The number of amides is 1. The van der Waals surface area contributed by atoms with Crippen molar-refractivity contribution in [2.24, 2.45) is 0 Å². The molecule has 0 unspecified atom stereocenters. The zero-order valence-electron chi connectivity index (χ0n) is 14.0.